The molecule has 0 bridgehead atoms. The Bertz CT molecular complexity index is 1100. The van der Waals surface area contributed by atoms with Crippen LogP contribution in [0, 0.1) is 6.92 Å². The standard InChI is InChI=1S/C22H17Cl2N3O/c1-14-11-12-16(13-19(14)24)25-20(15-7-3-2-4-8-15)22-27-26-21(28-22)17-9-5-6-10-18(17)23/h2-13,20,25H,1H3/t20-/m0/s1. The van der Waals surface area contributed by atoms with E-state index in [1.54, 1.807) is 6.07 Å². The lowest BCUT2D eigenvalue weighted by Crippen LogP contribution is -2.13. The van der Waals surface area contributed by atoms with E-state index >= 15 is 0 Å². The summed E-state index contributed by atoms with van der Waals surface area (Å²) >= 11 is 12.6. The van der Waals surface area contributed by atoms with E-state index in [0.29, 0.717) is 27.4 Å². The van der Waals surface area contributed by atoms with Crippen LogP contribution < -0.4 is 5.32 Å². The zero-order valence-electron chi connectivity index (χ0n) is 15.1. The maximum atomic E-state index is 6.28. The molecule has 6 heteroatoms. The molecule has 0 radical (unpaired) electrons. The second-order valence-corrected chi connectivity index (χ2v) is 7.19. The van der Waals surface area contributed by atoms with Crippen LogP contribution in [0.15, 0.2) is 77.2 Å². The number of hydrogen-bond donors (Lipinski definition) is 1. The predicted molar refractivity (Wildman–Crippen MR) is 113 cm³/mol. The summed E-state index contributed by atoms with van der Waals surface area (Å²) in [6.45, 7) is 1.97. The number of nitrogens with zero attached hydrogens (tertiary/aromatic N) is 2. The Morgan fingerprint density at radius 2 is 1.61 bits per heavy atom. The third-order valence-corrected chi connectivity index (χ3v) is 5.14. The Morgan fingerprint density at radius 1 is 0.857 bits per heavy atom. The molecule has 0 aliphatic carbocycles. The lowest BCUT2D eigenvalue weighted by atomic mass is 10.1. The minimum atomic E-state index is -0.330. The van der Waals surface area contributed by atoms with E-state index in [-0.39, 0.29) is 6.04 Å². The molecule has 1 N–H and O–H groups in total. The number of nitrogens with one attached hydrogen (secondary N) is 1. The lowest BCUT2D eigenvalue weighted by Gasteiger charge is -2.17. The van der Waals surface area contributed by atoms with Gasteiger partial charge in [0.2, 0.25) is 11.8 Å². The minimum absolute atomic E-state index is 0.330. The zero-order valence-corrected chi connectivity index (χ0v) is 16.6. The molecule has 0 aliphatic rings. The summed E-state index contributed by atoms with van der Waals surface area (Å²) in [6, 6.07) is 22.8. The van der Waals surface area contributed by atoms with E-state index in [4.69, 9.17) is 27.6 Å². The number of anilines is 1. The smallest absolute Gasteiger partial charge is 0.249 e. The van der Waals surface area contributed by atoms with E-state index in [0.717, 1.165) is 16.8 Å². The summed E-state index contributed by atoms with van der Waals surface area (Å²) in [6.07, 6.45) is 0. The first-order chi connectivity index (χ1) is 13.6. The van der Waals surface area contributed by atoms with Crippen LogP contribution in [-0.4, -0.2) is 10.2 Å². The molecular weight excluding hydrogens is 393 g/mol. The van der Waals surface area contributed by atoms with Crippen molar-refractivity contribution in [3.05, 3.63) is 99.9 Å². The third kappa shape index (κ3) is 3.88. The van der Waals surface area contributed by atoms with Crippen LogP contribution in [0.1, 0.15) is 23.1 Å². The molecule has 1 aromatic heterocycles. The van der Waals surface area contributed by atoms with Crippen LogP contribution in [-0.2, 0) is 0 Å². The van der Waals surface area contributed by atoms with Gasteiger partial charge in [-0.2, -0.15) is 0 Å². The van der Waals surface area contributed by atoms with Gasteiger partial charge in [0, 0.05) is 10.7 Å². The second kappa shape index (κ2) is 8.05. The van der Waals surface area contributed by atoms with Crippen molar-refractivity contribution in [3.63, 3.8) is 0 Å². The first-order valence-electron chi connectivity index (χ1n) is 8.78. The third-order valence-electron chi connectivity index (χ3n) is 4.41. The van der Waals surface area contributed by atoms with Crippen LogP contribution in [0.4, 0.5) is 5.69 Å². The molecule has 1 atom stereocenters. The van der Waals surface area contributed by atoms with E-state index in [1.165, 1.54) is 0 Å². The predicted octanol–water partition coefficient (Wildman–Crippen LogP) is 6.55. The highest BCUT2D eigenvalue weighted by atomic mass is 35.5. The molecule has 4 nitrogen and oxygen atoms in total. The van der Waals surface area contributed by atoms with Gasteiger partial charge in [-0.1, -0.05) is 71.7 Å². The summed E-state index contributed by atoms with van der Waals surface area (Å²) in [5.41, 5.74) is 3.57. The first-order valence-corrected chi connectivity index (χ1v) is 9.53. The van der Waals surface area contributed by atoms with E-state index < -0.39 is 0 Å². The highest BCUT2D eigenvalue weighted by Crippen LogP contribution is 2.32. The molecule has 0 unspecified atom stereocenters. The van der Waals surface area contributed by atoms with Crippen molar-refractivity contribution in [1.29, 1.82) is 0 Å². The normalized spacial score (nSPS) is 12.0. The molecule has 0 fully saturated rings. The second-order valence-electron chi connectivity index (χ2n) is 6.38. The van der Waals surface area contributed by atoms with Crippen molar-refractivity contribution in [1.82, 2.24) is 10.2 Å². The topological polar surface area (TPSA) is 51.0 Å². The quantitative estimate of drug-likeness (QED) is 0.405. The fourth-order valence-electron chi connectivity index (χ4n) is 2.88. The number of rotatable bonds is 5. The maximum Gasteiger partial charge on any atom is 0.249 e. The molecule has 0 saturated carbocycles. The van der Waals surface area contributed by atoms with Crippen molar-refractivity contribution >= 4 is 28.9 Å². The average molecular weight is 410 g/mol. The molecule has 0 amide bonds. The highest BCUT2D eigenvalue weighted by Gasteiger charge is 2.22. The van der Waals surface area contributed by atoms with Crippen molar-refractivity contribution in [2.24, 2.45) is 0 Å². The lowest BCUT2D eigenvalue weighted by molar-refractivity contribution is 0.494. The van der Waals surface area contributed by atoms with Gasteiger partial charge in [0.25, 0.3) is 0 Å². The van der Waals surface area contributed by atoms with Crippen LogP contribution in [0.5, 0.6) is 0 Å². The van der Waals surface area contributed by atoms with Crippen LogP contribution in [0.25, 0.3) is 11.5 Å². The van der Waals surface area contributed by atoms with Gasteiger partial charge in [-0.05, 0) is 42.3 Å². The summed E-state index contributed by atoms with van der Waals surface area (Å²) < 4.78 is 5.99. The zero-order chi connectivity index (χ0) is 19.5. The van der Waals surface area contributed by atoms with Crippen molar-refractivity contribution in [2.45, 2.75) is 13.0 Å². The van der Waals surface area contributed by atoms with Gasteiger partial charge in [-0.15, -0.1) is 10.2 Å². The van der Waals surface area contributed by atoms with Gasteiger partial charge < -0.3 is 9.73 Å². The summed E-state index contributed by atoms with van der Waals surface area (Å²) in [7, 11) is 0. The van der Waals surface area contributed by atoms with E-state index in [9.17, 15) is 0 Å². The van der Waals surface area contributed by atoms with Crippen molar-refractivity contribution in [3.8, 4) is 11.5 Å². The van der Waals surface area contributed by atoms with Gasteiger partial charge in [0.05, 0.1) is 10.6 Å². The van der Waals surface area contributed by atoms with Gasteiger partial charge in [0.1, 0.15) is 6.04 Å². The van der Waals surface area contributed by atoms with Gasteiger partial charge >= 0.3 is 0 Å². The molecular formula is C22H17Cl2N3O. The monoisotopic (exact) mass is 409 g/mol. The molecule has 0 saturated heterocycles. The first kappa shape index (κ1) is 18.5. The van der Waals surface area contributed by atoms with Crippen LogP contribution in [0.2, 0.25) is 10.0 Å². The van der Waals surface area contributed by atoms with Gasteiger partial charge in [0.15, 0.2) is 0 Å². The van der Waals surface area contributed by atoms with Crippen LogP contribution >= 0.6 is 23.2 Å². The molecule has 0 aliphatic heterocycles. The van der Waals surface area contributed by atoms with Crippen LogP contribution in [0.3, 0.4) is 0 Å². The van der Waals surface area contributed by atoms with Crippen molar-refractivity contribution in [2.75, 3.05) is 5.32 Å². The Hall–Kier alpha value is -2.82. The molecule has 28 heavy (non-hydrogen) atoms. The number of aromatic nitrogens is 2. The summed E-state index contributed by atoms with van der Waals surface area (Å²) in [5, 5.41) is 13.2. The van der Waals surface area contributed by atoms with Gasteiger partial charge in [-0.3, -0.25) is 0 Å². The molecule has 1 heterocycles. The average Bonchev–Trinajstić information content (AvgIpc) is 3.19. The Morgan fingerprint density at radius 3 is 2.36 bits per heavy atom. The number of halogens is 2. The SMILES string of the molecule is Cc1ccc(N[C@@H](c2ccccc2)c2nnc(-c3ccccc3Cl)o2)cc1Cl. The molecule has 4 aromatic rings. The van der Waals surface area contributed by atoms with Crippen molar-refractivity contribution < 1.29 is 4.42 Å². The molecule has 140 valence electrons. The van der Waals surface area contributed by atoms with E-state index in [1.807, 2.05) is 73.7 Å². The molecule has 0 spiro atoms. The fourth-order valence-corrected chi connectivity index (χ4v) is 3.27. The van der Waals surface area contributed by atoms with Gasteiger partial charge in [-0.25, -0.2) is 0 Å². The maximum absolute atomic E-state index is 6.28. The minimum Gasteiger partial charge on any atom is -0.418 e. The summed E-state index contributed by atoms with van der Waals surface area (Å²) in [5.74, 6) is 0.822. The Balaban J connectivity index is 1.72. The number of hydrogen-bond acceptors (Lipinski definition) is 4. The number of benzene rings is 3. The highest BCUT2D eigenvalue weighted by molar-refractivity contribution is 6.33. The molecule has 3 aromatic carbocycles. The fraction of sp³-hybridized carbons (Fsp3) is 0.0909. The number of aryl methyl sites for hydroxylation is 1. The largest absolute Gasteiger partial charge is 0.418 e. The van der Waals surface area contributed by atoms with E-state index in [2.05, 4.69) is 15.5 Å². The Kier molecular flexibility index (Phi) is 5.33. The molecule has 4 rings (SSSR count). The Labute approximate surface area is 173 Å². The summed E-state index contributed by atoms with van der Waals surface area (Å²) in [4.78, 5) is 0.